The maximum atomic E-state index is 12.4. The van der Waals surface area contributed by atoms with E-state index in [4.69, 9.17) is 9.47 Å². The van der Waals surface area contributed by atoms with Gasteiger partial charge in [0.05, 0.1) is 17.9 Å². The molecule has 0 amide bonds. The third kappa shape index (κ3) is 3.30. The first kappa shape index (κ1) is 17.6. The Morgan fingerprint density at radius 3 is 2.72 bits per heavy atom. The summed E-state index contributed by atoms with van der Waals surface area (Å²) in [5.74, 6) is -0.483. The predicted octanol–water partition coefficient (Wildman–Crippen LogP) is 2.87. The summed E-state index contributed by atoms with van der Waals surface area (Å²) in [5, 5.41) is 0.370. The molecule has 2 aromatic heterocycles. The first-order valence-electron chi connectivity index (χ1n) is 8.33. The highest BCUT2D eigenvalue weighted by molar-refractivity contribution is 7.20. The standard InChI is InChI=1S/C17H20N2O5S/c1-4-23-17(22)12-8(2)11-14(20)18-13(19-15(11)25-12)9(3)24-16(21)10-6-5-7-10/h9-10H,4-7H2,1-3H3,(H,18,19,20)/t9-/m0/s1. The van der Waals surface area contributed by atoms with Crippen molar-refractivity contribution < 1.29 is 19.1 Å². The summed E-state index contributed by atoms with van der Waals surface area (Å²) < 4.78 is 10.4. The van der Waals surface area contributed by atoms with Crippen LogP contribution >= 0.6 is 11.3 Å². The Morgan fingerprint density at radius 2 is 2.12 bits per heavy atom. The van der Waals surface area contributed by atoms with Gasteiger partial charge >= 0.3 is 11.9 Å². The topological polar surface area (TPSA) is 98.3 Å². The van der Waals surface area contributed by atoms with E-state index < -0.39 is 12.1 Å². The summed E-state index contributed by atoms with van der Waals surface area (Å²) in [6.07, 6.45) is 2.09. The van der Waals surface area contributed by atoms with E-state index >= 15 is 0 Å². The summed E-state index contributed by atoms with van der Waals surface area (Å²) in [4.78, 5) is 44.3. The summed E-state index contributed by atoms with van der Waals surface area (Å²) >= 11 is 1.11. The minimum absolute atomic E-state index is 0.0442. The normalized spacial score (nSPS) is 15.6. The van der Waals surface area contributed by atoms with Gasteiger partial charge < -0.3 is 14.5 Å². The van der Waals surface area contributed by atoms with Crippen LogP contribution in [0.2, 0.25) is 0 Å². The molecular formula is C17H20N2O5S. The zero-order valence-corrected chi connectivity index (χ0v) is 15.2. The van der Waals surface area contributed by atoms with Crippen molar-refractivity contribution in [2.24, 2.45) is 5.92 Å². The Bertz CT molecular complexity index is 881. The SMILES string of the molecule is CCOC(=O)c1sc2nc([C@H](C)OC(=O)C3CCC3)[nH]c(=O)c2c1C. The molecule has 0 unspecified atom stereocenters. The number of carbonyl (C=O) groups excluding carboxylic acids is 2. The Balaban J connectivity index is 1.91. The smallest absolute Gasteiger partial charge is 0.348 e. The van der Waals surface area contributed by atoms with Crippen LogP contribution < -0.4 is 5.56 Å². The maximum absolute atomic E-state index is 12.4. The lowest BCUT2D eigenvalue weighted by Gasteiger charge is -2.24. The second kappa shape index (κ2) is 6.95. The zero-order chi connectivity index (χ0) is 18.1. The molecule has 0 radical (unpaired) electrons. The highest BCUT2D eigenvalue weighted by Gasteiger charge is 2.29. The molecule has 1 N–H and O–H groups in total. The molecule has 1 atom stereocenters. The molecule has 0 saturated heterocycles. The second-order valence-electron chi connectivity index (χ2n) is 6.11. The minimum Gasteiger partial charge on any atom is -0.462 e. The number of fused-ring (bicyclic) bond motifs is 1. The molecule has 2 heterocycles. The van der Waals surface area contributed by atoms with Crippen molar-refractivity contribution in [2.45, 2.75) is 46.1 Å². The lowest BCUT2D eigenvalue weighted by atomic mass is 9.86. The molecule has 1 fully saturated rings. The molecule has 0 bridgehead atoms. The highest BCUT2D eigenvalue weighted by Crippen LogP contribution is 2.31. The number of carbonyl (C=O) groups is 2. The molecule has 0 spiro atoms. The van der Waals surface area contributed by atoms with E-state index in [9.17, 15) is 14.4 Å². The van der Waals surface area contributed by atoms with E-state index in [0.29, 0.717) is 20.7 Å². The number of hydrogen-bond acceptors (Lipinski definition) is 7. The number of H-pyrrole nitrogens is 1. The quantitative estimate of drug-likeness (QED) is 0.819. The molecule has 1 saturated carbocycles. The van der Waals surface area contributed by atoms with E-state index in [0.717, 1.165) is 30.6 Å². The van der Waals surface area contributed by atoms with Crippen LogP contribution in [0.5, 0.6) is 0 Å². The number of esters is 2. The van der Waals surface area contributed by atoms with E-state index in [-0.39, 0.29) is 29.9 Å². The molecular weight excluding hydrogens is 344 g/mol. The molecule has 0 aliphatic heterocycles. The Hall–Kier alpha value is -2.22. The molecule has 2 aromatic rings. The van der Waals surface area contributed by atoms with E-state index in [1.54, 1.807) is 20.8 Å². The lowest BCUT2D eigenvalue weighted by Crippen LogP contribution is -2.26. The summed E-state index contributed by atoms with van der Waals surface area (Å²) in [6, 6.07) is 0. The van der Waals surface area contributed by atoms with Gasteiger partial charge in [-0.1, -0.05) is 6.42 Å². The Labute approximate surface area is 148 Å². The summed E-state index contributed by atoms with van der Waals surface area (Å²) in [7, 11) is 0. The number of aromatic amines is 1. The third-order valence-corrected chi connectivity index (χ3v) is 5.56. The monoisotopic (exact) mass is 364 g/mol. The minimum atomic E-state index is -0.654. The van der Waals surface area contributed by atoms with Gasteiger partial charge in [0.2, 0.25) is 0 Å². The molecule has 3 rings (SSSR count). The van der Waals surface area contributed by atoms with E-state index in [1.807, 2.05) is 0 Å². The van der Waals surface area contributed by atoms with Crippen molar-refractivity contribution >= 4 is 33.5 Å². The van der Waals surface area contributed by atoms with Crippen LogP contribution in [0.4, 0.5) is 0 Å². The van der Waals surface area contributed by atoms with Crippen LogP contribution in [0, 0.1) is 12.8 Å². The van der Waals surface area contributed by atoms with Gasteiger partial charge in [0, 0.05) is 0 Å². The number of nitrogens with one attached hydrogen (secondary N) is 1. The number of aromatic nitrogens is 2. The van der Waals surface area contributed by atoms with Crippen molar-refractivity contribution in [1.29, 1.82) is 0 Å². The van der Waals surface area contributed by atoms with Crippen molar-refractivity contribution in [3.05, 3.63) is 26.6 Å². The number of thiophene rings is 1. The van der Waals surface area contributed by atoms with Crippen LogP contribution in [0.3, 0.4) is 0 Å². The summed E-state index contributed by atoms with van der Waals surface area (Å²) in [6.45, 7) is 5.35. The number of rotatable bonds is 5. The fourth-order valence-corrected chi connectivity index (χ4v) is 3.80. The Morgan fingerprint density at radius 1 is 1.40 bits per heavy atom. The summed E-state index contributed by atoms with van der Waals surface area (Å²) in [5.41, 5.74) is 0.203. The molecule has 25 heavy (non-hydrogen) atoms. The zero-order valence-electron chi connectivity index (χ0n) is 14.4. The van der Waals surface area contributed by atoms with Crippen LogP contribution in [-0.4, -0.2) is 28.5 Å². The first-order valence-corrected chi connectivity index (χ1v) is 9.15. The Kier molecular flexibility index (Phi) is 4.89. The number of hydrogen-bond donors (Lipinski definition) is 1. The van der Waals surface area contributed by atoms with Crippen molar-refractivity contribution in [1.82, 2.24) is 9.97 Å². The van der Waals surface area contributed by atoms with E-state index in [1.165, 1.54) is 0 Å². The van der Waals surface area contributed by atoms with Gasteiger partial charge in [-0.15, -0.1) is 11.3 Å². The third-order valence-electron chi connectivity index (χ3n) is 4.40. The van der Waals surface area contributed by atoms with Crippen LogP contribution in [0.1, 0.15) is 60.3 Å². The van der Waals surface area contributed by atoms with Crippen molar-refractivity contribution in [2.75, 3.05) is 6.61 Å². The number of aryl methyl sites for hydroxylation is 1. The highest BCUT2D eigenvalue weighted by atomic mass is 32.1. The average molecular weight is 364 g/mol. The molecule has 1 aliphatic rings. The molecule has 0 aromatic carbocycles. The van der Waals surface area contributed by atoms with Crippen LogP contribution in [-0.2, 0) is 14.3 Å². The van der Waals surface area contributed by atoms with Gasteiger partial charge in [0.15, 0.2) is 11.9 Å². The first-order chi connectivity index (χ1) is 11.9. The average Bonchev–Trinajstić information content (AvgIpc) is 2.83. The van der Waals surface area contributed by atoms with Gasteiger partial charge in [0.25, 0.3) is 5.56 Å². The van der Waals surface area contributed by atoms with Gasteiger partial charge in [-0.05, 0) is 39.2 Å². The van der Waals surface area contributed by atoms with Crippen molar-refractivity contribution in [3.63, 3.8) is 0 Å². The fraction of sp³-hybridized carbons (Fsp3) is 0.529. The molecule has 134 valence electrons. The van der Waals surface area contributed by atoms with Gasteiger partial charge in [-0.25, -0.2) is 9.78 Å². The van der Waals surface area contributed by atoms with Gasteiger partial charge in [-0.3, -0.25) is 9.59 Å². The van der Waals surface area contributed by atoms with Gasteiger partial charge in [0.1, 0.15) is 9.71 Å². The van der Waals surface area contributed by atoms with E-state index in [2.05, 4.69) is 9.97 Å². The van der Waals surface area contributed by atoms with Crippen LogP contribution in [0.15, 0.2) is 4.79 Å². The molecule has 7 nitrogen and oxygen atoms in total. The maximum Gasteiger partial charge on any atom is 0.348 e. The second-order valence-corrected chi connectivity index (χ2v) is 7.11. The largest absolute Gasteiger partial charge is 0.462 e. The van der Waals surface area contributed by atoms with Crippen LogP contribution in [0.25, 0.3) is 10.2 Å². The van der Waals surface area contributed by atoms with Gasteiger partial charge in [-0.2, -0.15) is 0 Å². The number of ether oxygens (including phenoxy) is 2. The fourth-order valence-electron chi connectivity index (χ4n) is 2.71. The lowest BCUT2D eigenvalue weighted by molar-refractivity contribution is -0.156. The molecule has 8 heteroatoms. The predicted molar refractivity (Wildman–Crippen MR) is 92.8 cm³/mol. The van der Waals surface area contributed by atoms with Crippen molar-refractivity contribution in [3.8, 4) is 0 Å². The number of nitrogens with zero attached hydrogens (tertiary/aromatic N) is 1. The molecule has 1 aliphatic carbocycles.